The van der Waals surface area contributed by atoms with E-state index in [9.17, 15) is 5.26 Å². The van der Waals surface area contributed by atoms with Crippen molar-refractivity contribution in [3.63, 3.8) is 0 Å². The minimum Gasteiger partial charge on any atom is -0.490 e. The number of benzene rings is 2. The molecule has 2 aromatic carbocycles. The van der Waals surface area contributed by atoms with Crippen molar-refractivity contribution in [1.82, 2.24) is 9.97 Å². The number of para-hydroxylation sites is 2. The predicted molar refractivity (Wildman–Crippen MR) is 108 cm³/mol. The summed E-state index contributed by atoms with van der Waals surface area (Å²) >= 11 is 6.37. The first-order chi connectivity index (χ1) is 13.2. The van der Waals surface area contributed by atoms with Crippen molar-refractivity contribution in [2.45, 2.75) is 6.92 Å². The molecule has 3 rings (SSSR count). The van der Waals surface area contributed by atoms with Crippen molar-refractivity contribution in [2.75, 3.05) is 13.2 Å². The van der Waals surface area contributed by atoms with Gasteiger partial charge in [-0.1, -0.05) is 36.4 Å². The van der Waals surface area contributed by atoms with Crippen molar-refractivity contribution in [3.05, 3.63) is 65.5 Å². The normalized spacial score (nSPS) is 11.2. The van der Waals surface area contributed by atoms with E-state index in [2.05, 4.69) is 22.6 Å². The third kappa shape index (κ3) is 4.13. The van der Waals surface area contributed by atoms with Crippen LogP contribution in [0.15, 0.2) is 49.1 Å². The van der Waals surface area contributed by atoms with Gasteiger partial charge in [-0.25, -0.2) is 4.98 Å². The molecule has 0 unspecified atom stereocenters. The number of H-pyrrole nitrogens is 1. The minimum absolute atomic E-state index is 0.317. The molecule has 1 heterocycles. The number of nitrogens with zero attached hydrogens (tertiary/aromatic N) is 2. The van der Waals surface area contributed by atoms with Crippen LogP contribution in [0.3, 0.4) is 0 Å². The van der Waals surface area contributed by atoms with Gasteiger partial charge < -0.3 is 14.5 Å². The molecule has 0 saturated carbocycles. The van der Waals surface area contributed by atoms with E-state index in [1.54, 1.807) is 24.3 Å². The largest absolute Gasteiger partial charge is 0.490 e. The van der Waals surface area contributed by atoms with Crippen molar-refractivity contribution in [2.24, 2.45) is 0 Å². The first-order valence-electron chi connectivity index (χ1n) is 8.43. The molecule has 1 aromatic heterocycles. The number of allylic oxidation sites excluding steroid dienone is 1. The van der Waals surface area contributed by atoms with Crippen LogP contribution in [0, 0.1) is 11.3 Å². The van der Waals surface area contributed by atoms with Gasteiger partial charge in [-0.15, -0.1) is 0 Å². The maximum Gasteiger partial charge on any atom is 0.180 e. The number of imidazole rings is 1. The smallest absolute Gasteiger partial charge is 0.180 e. The number of nitriles is 1. The summed E-state index contributed by atoms with van der Waals surface area (Å²) in [6.07, 6.45) is 3.35. The molecule has 0 aliphatic rings. The second kappa shape index (κ2) is 8.43. The van der Waals surface area contributed by atoms with Crippen LogP contribution < -0.4 is 9.47 Å². The molecule has 0 aliphatic heterocycles. The van der Waals surface area contributed by atoms with Crippen LogP contribution >= 0.6 is 11.6 Å². The molecule has 0 fully saturated rings. The summed E-state index contributed by atoms with van der Waals surface area (Å²) in [6, 6.07) is 13.3. The Morgan fingerprint density at radius 2 is 2.15 bits per heavy atom. The van der Waals surface area contributed by atoms with Crippen LogP contribution in [0.5, 0.6) is 11.5 Å². The highest BCUT2D eigenvalue weighted by Crippen LogP contribution is 2.37. The van der Waals surface area contributed by atoms with E-state index < -0.39 is 0 Å². The quantitative estimate of drug-likeness (QED) is 0.450. The van der Waals surface area contributed by atoms with Crippen LogP contribution in [0.1, 0.15) is 18.3 Å². The lowest BCUT2D eigenvalue weighted by atomic mass is 10.1. The summed E-state index contributed by atoms with van der Waals surface area (Å²) in [5, 5.41) is 10.00. The molecule has 3 aromatic rings. The second-order valence-corrected chi connectivity index (χ2v) is 6.04. The second-order valence-electron chi connectivity index (χ2n) is 5.64. The Morgan fingerprint density at radius 3 is 2.85 bits per heavy atom. The van der Waals surface area contributed by atoms with Gasteiger partial charge in [-0.05, 0) is 42.8 Å². The fourth-order valence-electron chi connectivity index (χ4n) is 2.62. The maximum absolute atomic E-state index is 9.60. The molecule has 0 aliphatic carbocycles. The number of fused-ring (bicyclic) bond motifs is 1. The van der Waals surface area contributed by atoms with Crippen LogP contribution in [0.25, 0.3) is 22.7 Å². The van der Waals surface area contributed by atoms with Gasteiger partial charge >= 0.3 is 0 Å². The lowest BCUT2D eigenvalue weighted by Gasteiger charge is -2.13. The van der Waals surface area contributed by atoms with Crippen molar-refractivity contribution in [3.8, 4) is 17.6 Å². The van der Waals surface area contributed by atoms with E-state index in [4.69, 9.17) is 21.1 Å². The van der Waals surface area contributed by atoms with E-state index in [1.165, 1.54) is 0 Å². The minimum atomic E-state index is 0.317. The van der Waals surface area contributed by atoms with Crippen LogP contribution in [-0.2, 0) is 0 Å². The molecule has 0 spiro atoms. The Kier molecular flexibility index (Phi) is 5.80. The molecular formula is C21H18ClN3O2. The summed E-state index contributed by atoms with van der Waals surface area (Å²) in [7, 11) is 0. The van der Waals surface area contributed by atoms with Gasteiger partial charge in [0, 0.05) is 0 Å². The molecule has 1 N–H and O–H groups in total. The van der Waals surface area contributed by atoms with Gasteiger partial charge in [-0.2, -0.15) is 5.26 Å². The monoisotopic (exact) mass is 379 g/mol. The Labute approximate surface area is 162 Å². The van der Waals surface area contributed by atoms with Gasteiger partial charge in [-0.3, -0.25) is 0 Å². The Hall–Kier alpha value is -3.23. The van der Waals surface area contributed by atoms with Crippen LogP contribution in [-0.4, -0.2) is 23.2 Å². The summed E-state index contributed by atoms with van der Waals surface area (Å²) in [4.78, 5) is 7.63. The van der Waals surface area contributed by atoms with Crippen molar-refractivity contribution in [1.29, 1.82) is 5.26 Å². The summed E-state index contributed by atoms with van der Waals surface area (Å²) in [6.45, 7) is 6.29. The van der Waals surface area contributed by atoms with E-state index in [1.807, 2.05) is 31.2 Å². The van der Waals surface area contributed by atoms with Gasteiger partial charge in [0.1, 0.15) is 18.5 Å². The van der Waals surface area contributed by atoms with E-state index in [0.29, 0.717) is 46.7 Å². The standard InChI is InChI=1S/C21H18ClN3O2/c1-3-9-27-20-16(22)11-14(12-19(20)26-4-2)10-15(13-23)21-24-17-7-5-6-8-18(17)25-21/h3,5-8,10-12H,1,4,9H2,2H3,(H,24,25)/b15-10+. The summed E-state index contributed by atoms with van der Waals surface area (Å²) < 4.78 is 11.2. The van der Waals surface area contributed by atoms with Crippen LogP contribution in [0.2, 0.25) is 5.02 Å². The zero-order valence-corrected chi connectivity index (χ0v) is 15.6. The first kappa shape index (κ1) is 18.6. The Balaban J connectivity index is 2.03. The molecule has 0 atom stereocenters. The highest BCUT2D eigenvalue weighted by Gasteiger charge is 2.13. The van der Waals surface area contributed by atoms with E-state index >= 15 is 0 Å². The fraction of sp³-hybridized carbons (Fsp3) is 0.143. The Bertz CT molecular complexity index is 1010. The molecule has 136 valence electrons. The maximum atomic E-state index is 9.60. The summed E-state index contributed by atoms with van der Waals surface area (Å²) in [5.41, 5.74) is 2.78. The molecular weight excluding hydrogens is 362 g/mol. The van der Waals surface area contributed by atoms with Crippen molar-refractivity contribution >= 4 is 34.3 Å². The lowest BCUT2D eigenvalue weighted by molar-refractivity contribution is 0.297. The van der Waals surface area contributed by atoms with Gasteiger partial charge in [0.05, 0.1) is 28.2 Å². The third-order valence-electron chi connectivity index (χ3n) is 3.75. The molecule has 6 heteroatoms. The fourth-order valence-corrected chi connectivity index (χ4v) is 2.89. The first-order valence-corrected chi connectivity index (χ1v) is 8.81. The molecule has 0 bridgehead atoms. The van der Waals surface area contributed by atoms with Gasteiger partial charge in [0.15, 0.2) is 11.5 Å². The molecule has 27 heavy (non-hydrogen) atoms. The third-order valence-corrected chi connectivity index (χ3v) is 4.03. The Morgan fingerprint density at radius 1 is 1.33 bits per heavy atom. The average molecular weight is 380 g/mol. The number of rotatable bonds is 7. The average Bonchev–Trinajstić information content (AvgIpc) is 3.09. The topological polar surface area (TPSA) is 70.9 Å². The predicted octanol–water partition coefficient (Wildman–Crippen LogP) is 5.24. The molecule has 5 nitrogen and oxygen atoms in total. The van der Waals surface area contributed by atoms with Gasteiger partial charge in [0.25, 0.3) is 0 Å². The number of ether oxygens (including phenoxy) is 2. The number of halogens is 1. The zero-order chi connectivity index (χ0) is 19.2. The molecule has 0 amide bonds. The highest BCUT2D eigenvalue weighted by atomic mass is 35.5. The number of aromatic amines is 1. The number of aromatic nitrogens is 2. The van der Waals surface area contributed by atoms with Gasteiger partial charge in [0.2, 0.25) is 0 Å². The summed E-state index contributed by atoms with van der Waals surface area (Å²) in [5.74, 6) is 1.47. The number of hydrogen-bond acceptors (Lipinski definition) is 4. The number of hydrogen-bond donors (Lipinski definition) is 1. The van der Waals surface area contributed by atoms with Crippen LogP contribution in [0.4, 0.5) is 0 Å². The molecule has 0 saturated heterocycles. The lowest BCUT2D eigenvalue weighted by Crippen LogP contribution is -2.00. The zero-order valence-electron chi connectivity index (χ0n) is 14.8. The van der Waals surface area contributed by atoms with E-state index in [0.717, 1.165) is 11.0 Å². The van der Waals surface area contributed by atoms with E-state index in [-0.39, 0.29) is 0 Å². The molecule has 0 radical (unpaired) electrons. The number of nitrogens with one attached hydrogen (secondary N) is 1. The highest BCUT2D eigenvalue weighted by molar-refractivity contribution is 6.32. The van der Waals surface area contributed by atoms with Crippen molar-refractivity contribution < 1.29 is 9.47 Å². The SMILES string of the molecule is C=CCOc1c(Cl)cc(/C=C(\C#N)c2nc3ccccc3[nH]2)cc1OCC.